The predicted molar refractivity (Wildman–Crippen MR) is 84.8 cm³/mol. The summed E-state index contributed by atoms with van der Waals surface area (Å²) in [7, 11) is 0. The summed E-state index contributed by atoms with van der Waals surface area (Å²) in [6, 6.07) is 0.0737. The van der Waals surface area contributed by atoms with Gasteiger partial charge in [-0.2, -0.15) is 0 Å². The molecule has 0 radical (unpaired) electrons. The van der Waals surface area contributed by atoms with Gasteiger partial charge in [-0.15, -0.1) is 11.3 Å². The van der Waals surface area contributed by atoms with Crippen LogP contribution in [0.5, 0.6) is 0 Å². The fourth-order valence-electron chi connectivity index (χ4n) is 3.86. The fraction of sp³-hybridized carbons (Fsp3) is 0.533. The SMILES string of the molecule is O=C(O)c1csc(N2C[C@H]3C[C@@H](n4ccnc4)[C@H](O)C[C@H]3C2)n1. The Bertz CT molecular complexity index is 701. The second-order valence-corrected chi connectivity index (χ2v) is 7.20. The third kappa shape index (κ3) is 2.61. The van der Waals surface area contributed by atoms with Gasteiger partial charge in [0.05, 0.1) is 18.5 Å². The Morgan fingerprint density at radius 1 is 1.30 bits per heavy atom. The lowest BCUT2D eigenvalue weighted by molar-refractivity contribution is 0.0358. The summed E-state index contributed by atoms with van der Waals surface area (Å²) in [5, 5.41) is 21.8. The smallest absolute Gasteiger partial charge is 0.355 e. The van der Waals surface area contributed by atoms with Gasteiger partial charge < -0.3 is 19.7 Å². The Morgan fingerprint density at radius 2 is 2.09 bits per heavy atom. The van der Waals surface area contributed by atoms with E-state index >= 15 is 0 Å². The second kappa shape index (κ2) is 5.61. The average Bonchev–Trinajstić information content (AvgIpc) is 3.25. The Labute approximate surface area is 137 Å². The molecule has 1 aliphatic heterocycles. The first-order valence-corrected chi connectivity index (χ1v) is 8.59. The van der Waals surface area contributed by atoms with Crippen LogP contribution in [0.15, 0.2) is 24.1 Å². The van der Waals surface area contributed by atoms with Crippen molar-refractivity contribution in [3.63, 3.8) is 0 Å². The van der Waals surface area contributed by atoms with Crippen LogP contribution in [0.4, 0.5) is 5.13 Å². The van der Waals surface area contributed by atoms with E-state index in [2.05, 4.69) is 14.9 Å². The lowest BCUT2D eigenvalue weighted by Crippen LogP contribution is -2.35. The molecule has 7 nitrogen and oxygen atoms in total. The number of aromatic nitrogens is 3. The number of hydrogen-bond donors (Lipinski definition) is 2. The molecule has 0 unspecified atom stereocenters. The predicted octanol–water partition coefficient (Wildman–Crippen LogP) is 1.49. The van der Waals surface area contributed by atoms with Crippen LogP contribution in [0.2, 0.25) is 0 Å². The number of aromatic carboxylic acids is 1. The summed E-state index contributed by atoms with van der Waals surface area (Å²) in [4.78, 5) is 21.4. The van der Waals surface area contributed by atoms with Crippen molar-refractivity contribution >= 4 is 22.4 Å². The second-order valence-electron chi connectivity index (χ2n) is 6.36. The van der Waals surface area contributed by atoms with Crippen LogP contribution in [0, 0.1) is 11.8 Å². The summed E-state index contributed by atoms with van der Waals surface area (Å²) in [5.41, 5.74) is 0.108. The fourth-order valence-corrected chi connectivity index (χ4v) is 4.68. The molecule has 2 aromatic heterocycles. The van der Waals surface area contributed by atoms with E-state index in [0.29, 0.717) is 11.8 Å². The number of thiazole rings is 1. The van der Waals surface area contributed by atoms with E-state index in [1.165, 1.54) is 11.3 Å². The van der Waals surface area contributed by atoms with Crippen LogP contribution in [-0.2, 0) is 0 Å². The number of aliphatic hydroxyl groups excluding tert-OH is 1. The molecule has 2 fully saturated rings. The quantitative estimate of drug-likeness (QED) is 0.883. The van der Waals surface area contributed by atoms with Crippen LogP contribution in [0.25, 0.3) is 0 Å². The first-order chi connectivity index (χ1) is 11.1. The molecule has 2 aliphatic rings. The first-order valence-electron chi connectivity index (χ1n) is 7.71. The Hall–Kier alpha value is -1.93. The third-order valence-corrected chi connectivity index (χ3v) is 5.90. The minimum atomic E-state index is -0.986. The number of carboxylic acid groups (broad SMARTS) is 1. The minimum absolute atomic E-state index is 0.0737. The van der Waals surface area contributed by atoms with Crippen molar-refractivity contribution in [3.05, 3.63) is 29.8 Å². The number of carbonyl (C=O) groups is 1. The van der Waals surface area contributed by atoms with Gasteiger partial charge in [-0.1, -0.05) is 0 Å². The van der Waals surface area contributed by atoms with Gasteiger partial charge in [-0.3, -0.25) is 0 Å². The molecule has 0 aromatic carbocycles. The standard InChI is InChI=1S/C15H18N4O3S/c20-13-4-10-6-19(15-17-11(7-23-15)14(21)22)5-9(10)3-12(13)18-2-1-16-8-18/h1-2,7-10,12-13,20H,3-6H2,(H,21,22)/t9-,10+,12-,13-/m1/s1. The van der Waals surface area contributed by atoms with Gasteiger partial charge in [0, 0.05) is 30.9 Å². The number of anilines is 1. The number of nitrogens with zero attached hydrogens (tertiary/aromatic N) is 4. The van der Waals surface area contributed by atoms with Crippen LogP contribution in [0.3, 0.4) is 0 Å². The molecule has 0 amide bonds. The molecule has 23 heavy (non-hydrogen) atoms. The molecule has 0 bridgehead atoms. The van der Waals surface area contributed by atoms with Gasteiger partial charge in [-0.25, -0.2) is 14.8 Å². The zero-order chi connectivity index (χ0) is 16.0. The summed E-state index contributed by atoms with van der Waals surface area (Å²) in [6.45, 7) is 1.71. The van der Waals surface area contributed by atoms with Gasteiger partial charge in [0.25, 0.3) is 0 Å². The van der Waals surface area contributed by atoms with E-state index in [1.54, 1.807) is 17.9 Å². The molecule has 3 heterocycles. The maximum absolute atomic E-state index is 11.0. The minimum Gasteiger partial charge on any atom is -0.476 e. The van der Waals surface area contributed by atoms with Gasteiger partial charge in [0.1, 0.15) is 0 Å². The molecular weight excluding hydrogens is 316 g/mol. The van der Waals surface area contributed by atoms with Crippen LogP contribution >= 0.6 is 11.3 Å². The number of aliphatic hydroxyl groups is 1. The highest BCUT2D eigenvalue weighted by atomic mass is 32.1. The summed E-state index contributed by atoms with van der Waals surface area (Å²) >= 11 is 1.38. The largest absolute Gasteiger partial charge is 0.476 e. The number of carboxylic acids is 1. The monoisotopic (exact) mass is 334 g/mol. The number of hydrogen-bond acceptors (Lipinski definition) is 6. The molecule has 4 atom stereocenters. The molecule has 2 N–H and O–H groups in total. The highest BCUT2D eigenvalue weighted by Gasteiger charge is 2.42. The number of imidazole rings is 1. The van der Waals surface area contributed by atoms with Crippen molar-refractivity contribution in [2.45, 2.75) is 25.0 Å². The van der Waals surface area contributed by atoms with Crippen molar-refractivity contribution < 1.29 is 15.0 Å². The third-order valence-electron chi connectivity index (χ3n) is 5.00. The van der Waals surface area contributed by atoms with Crippen molar-refractivity contribution in [3.8, 4) is 0 Å². The van der Waals surface area contributed by atoms with E-state index in [-0.39, 0.29) is 17.8 Å². The zero-order valence-electron chi connectivity index (χ0n) is 12.4. The lowest BCUT2D eigenvalue weighted by atomic mass is 9.77. The topological polar surface area (TPSA) is 91.5 Å². The van der Waals surface area contributed by atoms with E-state index in [9.17, 15) is 9.90 Å². The van der Waals surface area contributed by atoms with E-state index in [0.717, 1.165) is 31.1 Å². The molecule has 1 saturated heterocycles. The van der Waals surface area contributed by atoms with Gasteiger partial charge in [0.15, 0.2) is 10.8 Å². The molecule has 1 saturated carbocycles. The van der Waals surface area contributed by atoms with E-state index < -0.39 is 5.97 Å². The number of fused-ring (bicyclic) bond motifs is 1. The van der Waals surface area contributed by atoms with Gasteiger partial charge >= 0.3 is 5.97 Å². The highest BCUT2D eigenvalue weighted by molar-refractivity contribution is 7.13. The van der Waals surface area contributed by atoms with E-state index in [4.69, 9.17) is 5.11 Å². The van der Waals surface area contributed by atoms with Gasteiger partial charge in [-0.05, 0) is 24.7 Å². The molecular formula is C15H18N4O3S. The van der Waals surface area contributed by atoms with Crippen LogP contribution in [-0.4, -0.2) is 49.9 Å². The number of rotatable bonds is 3. The lowest BCUT2D eigenvalue weighted by Gasteiger charge is -2.35. The van der Waals surface area contributed by atoms with Crippen molar-refractivity contribution in [2.24, 2.45) is 11.8 Å². The summed E-state index contributed by atoms with van der Waals surface area (Å²) in [6.07, 6.45) is 6.72. The zero-order valence-corrected chi connectivity index (χ0v) is 13.3. The van der Waals surface area contributed by atoms with Crippen molar-refractivity contribution in [1.82, 2.24) is 14.5 Å². The molecule has 2 aromatic rings. The van der Waals surface area contributed by atoms with Crippen molar-refractivity contribution in [1.29, 1.82) is 0 Å². The molecule has 122 valence electrons. The van der Waals surface area contributed by atoms with Crippen molar-refractivity contribution in [2.75, 3.05) is 18.0 Å². The summed E-state index contributed by atoms with van der Waals surface area (Å²) < 4.78 is 2.00. The summed E-state index contributed by atoms with van der Waals surface area (Å²) in [5.74, 6) is -0.0652. The Morgan fingerprint density at radius 3 is 2.74 bits per heavy atom. The normalized spacial score (nSPS) is 30.4. The van der Waals surface area contributed by atoms with E-state index in [1.807, 2.05) is 10.8 Å². The van der Waals surface area contributed by atoms with Crippen LogP contribution < -0.4 is 4.90 Å². The maximum atomic E-state index is 11.0. The van der Waals surface area contributed by atoms with Crippen LogP contribution in [0.1, 0.15) is 29.4 Å². The Kier molecular flexibility index (Phi) is 3.57. The molecule has 4 rings (SSSR count). The highest BCUT2D eigenvalue weighted by Crippen LogP contribution is 2.42. The Balaban J connectivity index is 1.49. The van der Waals surface area contributed by atoms with Gasteiger partial charge in [0.2, 0.25) is 0 Å². The molecule has 1 aliphatic carbocycles. The maximum Gasteiger partial charge on any atom is 0.355 e. The molecule has 0 spiro atoms. The molecule has 8 heteroatoms. The first kappa shape index (κ1) is 14.6. The average molecular weight is 334 g/mol.